The topological polar surface area (TPSA) is 88.3 Å². The molecule has 0 atom stereocenters. The second-order valence-electron chi connectivity index (χ2n) is 1.65. The van der Waals surface area contributed by atoms with Crippen LogP contribution in [0.3, 0.4) is 0 Å². The van der Waals surface area contributed by atoms with Crippen LogP contribution in [-0.4, -0.2) is 27.7 Å². The van der Waals surface area contributed by atoms with Crippen LogP contribution in [0.25, 0.3) is 0 Å². The van der Waals surface area contributed by atoms with Gasteiger partial charge in [-0.3, -0.25) is 0 Å². The van der Waals surface area contributed by atoms with Crippen molar-refractivity contribution < 1.29 is 19.4 Å². The van der Waals surface area contributed by atoms with Gasteiger partial charge in [-0.25, -0.2) is 9.59 Å². The zero-order valence-electron chi connectivity index (χ0n) is 5.91. The lowest BCUT2D eigenvalue weighted by atomic mass is 10.8. The van der Waals surface area contributed by atoms with Gasteiger partial charge in [-0.2, -0.15) is 0 Å². The van der Waals surface area contributed by atoms with E-state index >= 15 is 0 Å². The highest BCUT2D eigenvalue weighted by Crippen LogP contribution is 2.25. The number of nitrogens with zero attached hydrogens (tertiary/aromatic N) is 2. The van der Waals surface area contributed by atoms with Crippen molar-refractivity contribution in [1.29, 1.82) is 0 Å². The predicted octanol–water partition coefficient (Wildman–Crippen LogP) is 2.62. The van der Waals surface area contributed by atoms with E-state index in [1.165, 1.54) is 0 Å². The van der Waals surface area contributed by atoms with Crippen LogP contribution < -0.4 is 0 Å². The van der Waals surface area contributed by atoms with Crippen molar-refractivity contribution in [3.8, 4) is 0 Å². The molecule has 13 heavy (non-hydrogen) atoms. The van der Waals surface area contributed by atoms with Gasteiger partial charge in [0.25, 0.3) is 0 Å². The molecule has 74 valence electrons. The summed E-state index contributed by atoms with van der Waals surface area (Å²) in [6.45, 7) is -0.533. The first-order chi connectivity index (χ1) is 5.81. The number of carbonyl (C=O) groups excluding carboxylic acids is 1. The monoisotopic (exact) mass is 248 g/mol. The van der Waals surface area contributed by atoms with Crippen LogP contribution in [0.1, 0.15) is 0 Å². The molecular weight excluding hydrogens is 246 g/mol. The van der Waals surface area contributed by atoms with E-state index in [9.17, 15) is 9.59 Å². The minimum absolute atomic E-state index is 0.533. The molecule has 0 fully saturated rings. The summed E-state index contributed by atoms with van der Waals surface area (Å²) in [7, 11) is 0. The van der Waals surface area contributed by atoms with Gasteiger partial charge in [0.2, 0.25) is 3.79 Å². The average Bonchev–Trinajstić information content (AvgIpc) is 1.95. The molecule has 0 radical (unpaired) electrons. The number of amides is 2. The van der Waals surface area contributed by atoms with E-state index in [0.29, 0.717) is 0 Å². The summed E-state index contributed by atoms with van der Waals surface area (Å²) in [5, 5.41) is 13.0. The molecule has 0 saturated carbocycles. The molecule has 0 unspecified atom stereocenters. The van der Waals surface area contributed by atoms with E-state index in [-0.39, 0.29) is 0 Å². The Labute approximate surface area is 87.4 Å². The number of hydrogen-bond donors (Lipinski definition) is 1. The van der Waals surface area contributed by atoms with E-state index < -0.39 is 22.6 Å². The quantitative estimate of drug-likeness (QED) is 0.571. The van der Waals surface area contributed by atoms with E-state index in [4.69, 9.17) is 39.9 Å². The fraction of sp³-hybridized carbons (Fsp3) is 0.500. The summed E-state index contributed by atoms with van der Waals surface area (Å²) in [6, 6.07) is 0. The van der Waals surface area contributed by atoms with E-state index in [0.717, 1.165) is 0 Å². The van der Waals surface area contributed by atoms with Crippen LogP contribution in [0.4, 0.5) is 9.59 Å². The standard InChI is InChI=1S/C4H3Cl3N2O4/c5-4(6,7)1-13-3(12)9-8-2(10)11/h1H2,(H,10,11). The second kappa shape index (κ2) is 5.21. The number of rotatable bonds is 1. The molecule has 0 aliphatic heterocycles. The molecule has 0 aromatic heterocycles. The molecule has 0 aromatic rings. The second-order valence-corrected chi connectivity index (χ2v) is 4.17. The third-order valence-corrected chi connectivity index (χ3v) is 0.904. The molecule has 0 saturated heterocycles. The number of azo groups is 1. The first kappa shape index (κ1) is 12.4. The molecule has 0 heterocycles. The molecule has 1 N–H and O–H groups in total. The fourth-order valence-electron chi connectivity index (χ4n) is 0.256. The Balaban J connectivity index is 3.83. The smallest absolute Gasteiger partial charge is 0.452 e. The Bertz CT molecular complexity index is 236. The van der Waals surface area contributed by atoms with Crippen molar-refractivity contribution in [2.45, 2.75) is 3.79 Å². The Morgan fingerprint density at radius 2 is 1.85 bits per heavy atom. The van der Waals surface area contributed by atoms with Gasteiger partial charge in [0, 0.05) is 0 Å². The SMILES string of the molecule is O=C(O)N=NC(=O)OCC(Cl)(Cl)Cl. The van der Waals surface area contributed by atoms with Crippen LogP contribution in [-0.2, 0) is 4.74 Å². The van der Waals surface area contributed by atoms with Crippen molar-refractivity contribution in [3.05, 3.63) is 0 Å². The van der Waals surface area contributed by atoms with Gasteiger partial charge in [0.15, 0.2) is 0 Å². The molecule has 0 aromatic carbocycles. The van der Waals surface area contributed by atoms with E-state index in [1.54, 1.807) is 0 Å². The summed E-state index contributed by atoms with van der Waals surface area (Å²) >= 11 is 15.6. The number of carbonyl (C=O) groups is 2. The summed E-state index contributed by atoms with van der Waals surface area (Å²) in [4.78, 5) is 20.2. The number of halogens is 3. The van der Waals surface area contributed by atoms with Crippen LogP contribution in [0, 0.1) is 0 Å². The van der Waals surface area contributed by atoms with Crippen molar-refractivity contribution in [2.24, 2.45) is 10.2 Å². The van der Waals surface area contributed by atoms with Crippen LogP contribution in [0.2, 0.25) is 0 Å². The highest BCUT2D eigenvalue weighted by atomic mass is 35.6. The van der Waals surface area contributed by atoms with Gasteiger partial charge in [0.1, 0.15) is 6.61 Å². The zero-order chi connectivity index (χ0) is 10.5. The van der Waals surface area contributed by atoms with Crippen LogP contribution in [0.5, 0.6) is 0 Å². The van der Waals surface area contributed by atoms with Crippen LogP contribution in [0.15, 0.2) is 10.2 Å². The summed E-state index contributed by atoms with van der Waals surface area (Å²) in [6.07, 6.45) is -2.86. The zero-order valence-corrected chi connectivity index (χ0v) is 8.18. The Kier molecular flexibility index (Phi) is 4.97. The van der Waals surface area contributed by atoms with Crippen molar-refractivity contribution in [2.75, 3.05) is 6.61 Å². The maximum absolute atomic E-state index is 10.5. The minimum Gasteiger partial charge on any atom is -0.462 e. The van der Waals surface area contributed by atoms with Crippen molar-refractivity contribution >= 4 is 47.0 Å². The lowest BCUT2D eigenvalue weighted by Crippen LogP contribution is -2.15. The molecule has 0 spiro atoms. The van der Waals surface area contributed by atoms with Crippen molar-refractivity contribution in [3.63, 3.8) is 0 Å². The maximum Gasteiger partial charge on any atom is 0.452 e. The fourth-order valence-corrected chi connectivity index (χ4v) is 0.420. The third kappa shape index (κ3) is 9.32. The van der Waals surface area contributed by atoms with E-state index in [2.05, 4.69) is 15.0 Å². The average molecular weight is 249 g/mol. The molecule has 2 amide bonds. The van der Waals surface area contributed by atoms with Crippen LogP contribution >= 0.6 is 34.8 Å². The minimum atomic E-state index is -1.76. The van der Waals surface area contributed by atoms with Gasteiger partial charge in [-0.15, -0.1) is 0 Å². The van der Waals surface area contributed by atoms with Gasteiger partial charge in [0.05, 0.1) is 0 Å². The lowest BCUT2D eigenvalue weighted by Gasteiger charge is -2.08. The van der Waals surface area contributed by atoms with Gasteiger partial charge in [-0.1, -0.05) is 45.0 Å². The predicted molar refractivity (Wildman–Crippen MR) is 44.5 cm³/mol. The van der Waals surface area contributed by atoms with Gasteiger partial charge >= 0.3 is 12.2 Å². The van der Waals surface area contributed by atoms with Gasteiger partial charge in [-0.05, 0) is 0 Å². The third-order valence-electron chi connectivity index (χ3n) is 0.577. The normalized spacial score (nSPS) is 11.6. The molecule has 0 rings (SSSR count). The summed E-state index contributed by atoms with van der Waals surface area (Å²) in [5.41, 5.74) is 0. The summed E-state index contributed by atoms with van der Waals surface area (Å²) < 4.78 is 2.44. The highest BCUT2D eigenvalue weighted by molar-refractivity contribution is 6.67. The Hall–Kier alpha value is -0.590. The first-order valence-corrected chi connectivity index (χ1v) is 3.83. The molecule has 0 aliphatic rings. The van der Waals surface area contributed by atoms with Crippen molar-refractivity contribution in [1.82, 2.24) is 0 Å². The maximum atomic E-state index is 10.5. The first-order valence-electron chi connectivity index (χ1n) is 2.69. The number of hydrogen-bond acceptors (Lipinski definition) is 3. The molecular formula is C4H3Cl3N2O4. The number of carboxylic acid groups (broad SMARTS) is 1. The molecule has 9 heteroatoms. The van der Waals surface area contributed by atoms with E-state index in [1.807, 2.05) is 0 Å². The Morgan fingerprint density at radius 3 is 2.23 bits per heavy atom. The van der Waals surface area contributed by atoms with Gasteiger partial charge < -0.3 is 9.84 Å². The molecule has 0 bridgehead atoms. The Morgan fingerprint density at radius 1 is 1.31 bits per heavy atom. The molecule has 6 nitrogen and oxygen atoms in total. The lowest BCUT2D eigenvalue weighted by molar-refractivity contribution is 0.156. The molecule has 0 aliphatic carbocycles. The number of alkyl halides is 3. The summed E-state index contributed by atoms with van der Waals surface area (Å²) in [5.74, 6) is 0. The number of ether oxygens (including phenoxy) is 1. The highest BCUT2D eigenvalue weighted by Gasteiger charge is 2.22. The largest absolute Gasteiger partial charge is 0.462 e.